The van der Waals surface area contributed by atoms with Crippen molar-refractivity contribution in [3.8, 4) is 5.75 Å². The van der Waals surface area contributed by atoms with Crippen molar-refractivity contribution < 1.29 is 20.2 Å². The van der Waals surface area contributed by atoms with Crippen molar-refractivity contribution in [2.24, 2.45) is 5.92 Å². The Balaban J connectivity index is 1.73. The summed E-state index contributed by atoms with van der Waals surface area (Å²) < 4.78 is 0. The SMILES string of the molecule is C=C[C@H]([C@H](O)CC/C(=C/c1ccc(O)c2ccccc12)CC)[C@H](O)c1ccc([N+](=O)[O-])cc1. The van der Waals surface area contributed by atoms with Gasteiger partial charge in [0.05, 0.1) is 17.1 Å². The molecule has 0 aliphatic heterocycles. The van der Waals surface area contributed by atoms with E-state index in [4.69, 9.17) is 0 Å². The van der Waals surface area contributed by atoms with Crippen molar-refractivity contribution in [3.05, 3.63) is 100 Å². The van der Waals surface area contributed by atoms with Gasteiger partial charge in [0.1, 0.15) is 5.75 Å². The van der Waals surface area contributed by atoms with Gasteiger partial charge in [0.2, 0.25) is 0 Å². The Kier molecular flexibility index (Phi) is 7.98. The fourth-order valence-electron chi connectivity index (χ4n) is 4.04. The topological polar surface area (TPSA) is 104 Å². The van der Waals surface area contributed by atoms with E-state index in [0.717, 1.165) is 28.3 Å². The monoisotopic (exact) mass is 447 g/mol. The van der Waals surface area contributed by atoms with E-state index in [9.17, 15) is 25.4 Å². The van der Waals surface area contributed by atoms with Crippen LogP contribution >= 0.6 is 0 Å². The van der Waals surface area contributed by atoms with Crippen LogP contribution in [0.5, 0.6) is 5.75 Å². The number of aromatic hydroxyl groups is 1. The number of nitro benzene ring substituents is 1. The van der Waals surface area contributed by atoms with Crippen molar-refractivity contribution in [1.29, 1.82) is 0 Å². The minimum Gasteiger partial charge on any atom is -0.507 e. The number of phenolic OH excluding ortho intramolecular Hbond substituents is 1. The second-order valence-electron chi connectivity index (χ2n) is 8.09. The van der Waals surface area contributed by atoms with Gasteiger partial charge in [-0.2, -0.15) is 0 Å². The Labute approximate surface area is 193 Å². The van der Waals surface area contributed by atoms with Gasteiger partial charge >= 0.3 is 0 Å². The summed E-state index contributed by atoms with van der Waals surface area (Å²) in [6, 6.07) is 16.9. The van der Waals surface area contributed by atoms with E-state index in [1.165, 1.54) is 30.3 Å². The van der Waals surface area contributed by atoms with Crippen LogP contribution in [0.3, 0.4) is 0 Å². The average molecular weight is 448 g/mol. The van der Waals surface area contributed by atoms with Gasteiger partial charge in [-0.05, 0) is 54.0 Å². The molecular formula is C27H29NO5. The smallest absolute Gasteiger partial charge is 0.269 e. The number of allylic oxidation sites excluding steroid dienone is 1. The van der Waals surface area contributed by atoms with Gasteiger partial charge in [-0.25, -0.2) is 0 Å². The normalized spacial score (nSPS) is 14.6. The Bertz CT molecular complexity index is 1150. The zero-order valence-electron chi connectivity index (χ0n) is 18.6. The van der Waals surface area contributed by atoms with E-state index in [2.05, 4.69) is 19.6 Å². The molecule has 0 radical (unpaired) electrons. The van der Waals surface area contributed by atoms with Crippen LogP contribution in [0.15, 0.2) is 78.9 Å². The summed E-state index contributed by atoms with van der Waals surface area (Å²) in [5.74, 6) is -0.371. The molecule has 3 aromatic rings. The Hall–Kier alpha value is -3.48. The van der Waals surface area contributed by atoms with E-state index < -0.39 is 23.0 Å². The van der Waals surface area contributed by atoms with Crippen LogP contribution in [-0.2, 0) is 0 Å². The molecule has 172 valence electrons. The van der Waals surface area contributed by atoms with Gasteiger partial charge in [0.25, 0.3) is 5.69 Å². The Morgan fingerprint density at radius 1 is 1.06 bits per heavy atom. The molecule has 3 rings (SSSR count). The van der Waals surface area contributed by atoms with E-state index in [1.807, 2.05) is 30.3 Å². The fourth-order valence-corrected chi connectivity index (χ4v) is 4.04. The molecular weight excluding hydrogens is 418 g/mol. The Morgan fingerprint density at radius 3 is 2.33 bits per heavy atom. The van der Waals surface area contributed by atoms with Gasteiger partial charge < -0.3 is 15.3 Å². The summed E-state index contributed by atoms with van der Waals surface area (Å²) in [5, 5.41) is 44.3. The summed E-state index contributed by atoms with van der Waals surface area (Å²) in [6.45, 7) is 5.82. The number of hydrogen-bond donors (Lipinski definition) is 3. The highest BCUT2D eigenvalue weighted by molar-refractivity contribution is 5.94. The summed E-state index contributed by atoms with van der Waals surface area (Å²) in [7, 11) is 0. The van der Waals surface area contributed by atoms with Crippen LogP contribution in [0.4, 0.5) is 5.69 Å². The lowest BCUT2D eigenvalue weighted by atomic mass is 9.87. The van der Waals surface area contributed by atoms with Gasteiger partial charge in [0.15, 0.2) is 0 Å². The van der Waals surface area contributed by atoms with E-state index >= 15 is 0 Å². The van der Waals surface area contributed by atoms with E-state index in [1.54, 1.807) is 6.07 Å². The lowest BCUT2D eigenvalue weighted by Gasteiger charge is -2.25. The third-order valence-corrected chi connectivity index (χ3v) is 6.04. The predicted octanol–water partition coefficient (Wildman–Crippen LogP) is 5.92. The second-order valence-corrected chi connectivity index (χ2v) is 8.09. The van der Waals surface area contributed by atoms with E-state index in [-0.39, 0.29) is 11.4 Å². The number of aliphatic hydroxyl groups excluding tert-OH is 2. The van der Waals surface area contributed by atoms with Crippen molar-refractivity contribution in [2.45, 2.75) is 38.4 Å². The largest absolute Gasteiger partial charge is 0.507 e. The van der Waals surface area contributed by atoms with Gasteiger partial charge in [-0.3, -0.25) is 10.1 Å². The quantitative estimate of drug-likeness (QED) is 0.203. The van der Waals surface area contributed by atoms with Crippen LogP contribution in [0.2, 0.25) is 0 Å². The summed E-state index contributed by atoms with van der Waals surface area (Å²) in [4.78, 5) is 10.4. The van der Waals surface area contributed by atoms with Crippen LogP contribution in [0.25, 0.3) is 16.8 Å². The molecule has 6 nitrogen and oxygen atoms in total. The number of nitro groups is 1. The molecule has 0 amide bonds. The maximum Gasteiger partial charge on any atom is 0.269 e. The number of aliphatic hydroxyl groups is 2. The lowest BCUT2D eigenvalue weighted by molar-refractivity contribution is -0.384. The highest BCUT2D eigenvalue weighted by Crippen LogP contribution is 2.32. The van der Waals surface area contributed by atoms with Crippen LogP contribution < -0.4 is 0 Å². The van der Waals surface area contributed by atoms with E-state index in [0.29, 0.717) is 18.4 Å². The molecule has 0 saturated heterocycles. The zero-order valence-corrected chi connectivity index (χ0v) is 18.6. The predicted molar refractivity (Wildman–Crippen MR) is 131 cm³/mol. The maximum absolute atomic E-state index is 10.8. The minimum atomic E-state index is -1.02. The van der Waals surface area contributed by atoms with Crippen molar-refractivity contribution in [3.63, 3.8) is 0 Å². The molecule has 33 heavy (non-hydrogen) atoms. The second kappa shape index (κ2) is 10.9. The maximum atomic E-state index is 10.8. The molecule has 3 aromatic carbocycles. The van der Waals surface area contributed by atoms with Crippen molar-refractivity contribution >= 4 is 22.5 Å². The van der Waals surface area contributed by atoms with Crippen LogP contribution in [0, 0.1) is 16.0 Å². The van der Waals surface area contributed by atoms with Crippen molar-refractivity contribution in [1.82, 2.24) is 0 Å². The fraction of sp³-hybridized carbons (Fsp3) is 0.259. The number of phenols is 1. The molecule has 0 fully saturated rings. The molecule has 0 aliphatic carbocycles. The summed E-state index contributed by atoms with van der Waals surface area (Å²) >= 11 is 0. The minimum absolute atomic E-state index is 0.0545. The van der Waals surface area contributed by atoms with Crippen LogP contribution in [0.1, 0.15) is 43.4 Å². The summed E-state index contributed by atoms with van der Waals surface area (Å²) in [6.07, 6.45) is 3.61. The number of benzene rings is 3. The number of fused-ring (bicyclic) bond motifs is 1. The third-order valence-electron chi connectivity index (χ3n) is 6.04. The van der Waals surface area contributed by atoms with Crippen LogP contribution in [-0.4, -0.2) is 26.3 Å². The first-order valence-electron chi connectivity index (χ1n) is 11.0. The lowest BCUT2D eigenvalue weighted by Crippen LogP contribution is -2.25. The average Bonchev–Trinajstić information content (AvgIpc) is 2.83. The molecule has 0 aliphatic rings. The Morgan fingerprint density at radius 2 is 1.73 bits per heavy atom. The number of rotatable bonds is 10. The number of hydrogen-bond acceptors (Lipinski definition) is 5. The number of non-ortho nitro benzene ring substituents is 1. The molecule has 0 aromatic heterocycles. The zero-order chi connectivity index (χ0) is 24.0. The highest BCUT2D eigenvalue weighted by atomic mass is 16.6. The summed E-state index contributed by atoms with van der Waals surface area (Å²) in [5.41, 5.74) is 2.57. The van der Waals surface area contributed by atoms with Gasteiger partial charge in [-0.15, -0.1) is 6.58 Å². The molecule has 0 bridgehead atoms. The standard InChI is InChI=1S/C27H29NO5/c1-3-18(17-20-12-16-26(30)24-8-6-5-7-23(20)24)9-15-25(29)22(4-2)27(31)19-10-13-21(14-11-19)28(32)33/h4-8,10-14,16-17,22,25,27,29-31H,2-3,9,15H2,1H3/b18-17+/t22-,25-,27-/m1/s1. The molecule has 6 heteroatoms. The third kappa shape index (κ3) is 5.66. The highest BCUT2D eigenvalue weighted by Gasteiger charge is 2.26. The molecule has 0 saturated carbocycles. The van der Waals surface area contributed by atoms with Crippen molar-refractivity contribution in [2.75, 3.05) is 0 Å². The molecule has 3 atom stereocenters. The van der Waals surface area contributed by atoms with Gasteiger partial charge in [-0.1, -0.05) is 55.0 Å². The molecule has 3 N–H and O–H groups in total. The molecule has 0 spiro atoms. The first-order valence-corrected chi connectivity index (χ1v) is 11.0. The number of nitrogens with zero attached hydrogens (tertiary/aromatic N) is 1. The first-order chi connectivity index (χ1) is 15.8. The molecule has 0 unspecified atom stereocenters. The molecule has 0 heterocycles. The van der Waals surface area contributed by atoms with Gasteiger partial charge in [0, 0.05) is 23.4 Å². The first kappa shape index (κ1) is 24.2.